The number of nitrogens with two attached hydrogens (primary N) is 1. The molecule has 0 fully saturated rings. The fourth-order valence-electron chi connectivity index (χ4n) is 0.737. The molecule has 3 nitrogen and oxygen atoms in total. The summed E-state index contributed by atoms with van der Waals surface area (Å²) < 4.78 is 6.77. The molecule has 1 aromatic carbocycles. The number of nitrogen functional groups attached to an aromatic ring is 1. The fraction of sp³-hybridized carbons (Fsp3) is 0.125. The number of rotatable bonds is 1. The van der Waals surface area contributed by atoms with Crippen molar-refractivity contribution in [2.45, 2.75) is 0 Å². The van der Waals surface area contributed by atoms with E-state index in [0.29, 0.717) is 11.3 Å². The van der Waals surface area contributed by atoms with Crippen molar-refractivity contribution in [1.29, 1.82) is 0 Å². The fourth-order valence-corrected chi connectivity index (χ4v) is 0.737. The van der Waals surface area contributed by atoms with E-state index >= 15 is 0 Å². The molecule has 0 saturated heterocycles. The number of hydrogen-bond acceptors (Lipinski definition) is 2. The van der Waals surface area contributed by atoms with Gasteiger partial charge in [-0.3, -0.25) is 4.79 Å². The second kappa shape index (κ2) is 3.05. The zero-order valence-electron chi connectivity index (χ0n) is 7.00. The van der Waals surface area contributed by atoms with Gasteiger partial charge in [0.2, 0.25) is 0 Å². The van der Waals surface area contributed by atoms with Gasteiger partial charge in [0.1, 0.15) is 0 Å². The van der Waals surface area contributed by atoms with Crippen LogP contribution in [0, 0.1) is 0 Å². The maximum atomic E-state index is 11.1. The molecule has 0 aromatic heterocycles. The molecule has 11 heavy (non-hydrogen) atoms. The van der Waals surface area contributed by atoms with Crippen LogP contribution in [0.2, 0.25) is 0 Å². The molecule has 0 bridgehead atoms. The Morgan fingerprint density at radius 1 is 1.55 bits per heavy atom. The van der Waals surface area contributed by atoms with Crippen LogP contribution in [0.3, 0.4) is 0 Å². The molecule has 0 heterocycles. The van der Waals surface area contributed by atoms with Gasteiger partial charge >= 0.3 is 0 Å². The lowest BCUT2D eigenvalue weighted by atomic mass is 10.2. The highest BCUT2D eigenvalue weighted by molar-refractivity contribution is 5.94. The van der Waals surface area contributed by atoms with Gasteiger partial charge in [-0.1, -0.05) is 0 Å². The summed E-state index contributed by atoms with van der Waals surface area (Å²) in [6.45, 7) is 0. The number of benzene rings is 1. The molecular weight excluding hydrogens is 140 g/mol. The molecule has 0 spiro atoms. The third-order valence-electron chi connectivity index (χ3n) is 1.33. The first-order valence-corrected chi connectivity index (χ1v) is 3.17. The quantitative estimate of drug-likeness (QED) is 0.578. The van der Waals surface area contributed by atoms with Gasteiger partial charge in [0.15, 0.2) is 0 Å². The van der Waals surface area contributed by atoms with Crippen LogP contribution >= 0.6 is 0 Å². The highest BCUT2D eigenvalue weighted by Gasteiger charge is 1.99. The van der Waals surface area contributed by atoms with Gasteiger partial charge in [-0.25, -0.2) is 0 Å². The SMILES string of the molecule is [2H]CNC(=O)c1ccc(N)cc1. The smallest absolute Gasteiger partial charge is 0.251 e. The van der Waals surface area contributed by atoms with Gasteiger partial charge in [0, 0.05) is 19.6 Å². The summed E-state index contributed by atoms with van der Waals surface area (Å²) in [6.07, 6.45) is 0. The highest BCUT2D eigenvalue weighted by Crippen LogP contribution is 2.04. The van der Waals surface area contributed by atoms with E-state index in [2.05, 4.69) is 5.32 Å². The Morgan fingerprint density at radius 3 is 2.73 bits per heavy atom. The van der Waals surface area contributed by atoms with Crippen molar-refractivity contribution in [2.24, 2.45) is 0 Å². The van der Waals surface area contributed by atoms with Crippen LogP contribution in [-0.2, 0) is 0 Å². The summed E-state index contributed by atoms with van der Waals surface area (Å²) in [5.74, 6) is -0.245. The lowest BCUT2D eigenvalue weighted by molar-refractivity contribution is 0.0963. The topological polar surface area (TPSA) is 55.1 Å². The van der Waals surface area contributed by atoms with Gasteiger partial charge < -0.3 is 11.1 Å². The molecule has 0 aliphatic heterocycles. The summed E-state index contributed by atoms with van der Waals surface area (Å²) in [6, 6.07) is 6.55. The van der Waals surface area contributed by atoms with Gasteiger partial charge in [-0.2, -0.15) is 0 Å². The third kappa shape index (κ3) is 1.70. The van der Waals surface area contributed by atoms with Gasteiger partial charge in [0.05, 0.1) is 0 Å². The zero-order chi connectivity index (χ0) is 8.97. The second-order valence-electron chi connectivity index (χ2n) is 2.13. The number of carbonyl (C=O) groups excluding carboxylic acids is 1. The highest BCUT2D eigenvalue weighted by atomic mass is 16.1. The van der Waals surface area contributed by atoms with Crippen molar-refractivity contribution in [1.82, 2.24) is 5.32 Å². The van der Waals surface area contributed by atoms with E-state index in [9.17, 15) is 4.79 Å². The van der Waals surface area contributed by atoms with E-state index in [1.807, 2.05) is 0 Å². The van der Waals surface area contributed by atoms with Crippen LogP contribution in [0.1, 0.15) is 11.7 Å². The van der Waals surface area contributed by atoms with Gasteiger partial charge in [-0.05, 0) is 24.3 Å². The van der Waals surface area contributed by atoms with Crippen molar-refractivity contribution in [2.75, 3.05) is 12.8 Å². The number of anilines is 1. The minimum Gasteiger partial charge on any atom is -0.399 e. The molecule has 0 unspecified atom stereocenters. The van der Waals surface area contributed by atoms with E-state index in [1.165, 1.54) is 0 Å². The van der Waals surface area contributed by atoms with E-state index in [4.69, 9.17) is 7.10 Å². The Labute approximate surface area is 66.6 Å². The van der Waals surface area contributed by atoms with Crippen LogP contribution < -0.4 is 11.1 Å². The Balaban J connectivity index is 2.75. The molecule has 58 valence electrons. The van der Waals surface area contributed by atoms with Crippen molar-refractivity contribution in [3.63, 3.8) is 0 Å². The van der Waals surface area contributed by atoms with Crippen LogP contribution in [0.15, 0.2) is 24.3 Å². The van der Waals surface area contributed by atoms with Crippen molar-refractivity contribution >= 4 is 11.6 Å². The van der Waals surface area contributed by atoms with Crippen LogP contribution in [0.5, 0.6) is 0 Å². The number of amides is 1. The molecule has 0 aliphatic rings. The first-order valence-electron chi connectivity index (χ1n) is 3.87. The average molecular weight is 151 g/mol. The maximum Gasteiger partial charge on any atom is 0.251 e. The zero-order valence-corrected chi connectivity index (χ0v) is 6.00. The van der Waals surface area contributed by atoms with E-state index in [1.54, 1.807) is 24.3 Å². The normalized spacial score (nSPS) is 10.4. The number of carbonyl (C=O) groups is 1. The molecule has 3 N–H and O–H groups in total. The molecule has 1 amide bonds. The first-order chi connectivity index (χ1) is 5.74. The molecule has 0 saturated carbocycles. The average Bonchev–Trinajstić information content (AvgIpc) is 2.06. The molecule has 0 atom stereocenters. The molecular formula is C8H10N2O. The molecule has 1 aromatic rings. The summed E-state index contributed by atoms with van der Waals surface area (Å²) in [7, 11) is -0.108. The molecule has 1 rings (SSSR count). The van der Waals surface area contributed by atoms with Crippen molar-refractivity contribution in [3.05, 3.63) is 29.8 Å². The van der Waals surface area contributed by atoms with Crippen LogP contribution in [0.25, 0.3) is 0 Å². The van der Waals surface area contributed by atoms with E-state index in [-0.39, 0.29) is 12.9 Å². The largest absolute Gasteiger partial charge is 0.399 e. The van der Waals surface area contributed by atoms with Crippen LogP contribution in [0.4, 0.5) is 5.69 Å². The summed E-state index contributed by atoms with van der Waals surface area (Å²) >= 11 is 0. The number of nitrogens with one attached hydrogen (secondary N) is 1. The van der Waals surface area contributed by atoms with Gasteiger partial charge in [0.25, 0.3) is 5.91 Å². The van der Waals surface area contributed by atoms with Crippen molar-refractivity contribution in [3.8, 4) is 0 Å². The molecule has 0 radical (unpaired) electrons. The summed E-state index contributed by atoms with van der Waals surface area (Å²) in [5, 5.41) is 2.37. The predicted octanol–water partition coefficient (Wildman–Crippen LogP) is 0.628. The molecule has 3 heteroatoms. The first kappa shape index (κ1) is 6.22. The minimum atomic E-state index is -0.245. The second-order valence-corrected chi connectivity index (χ2v) is 2.13. The predicted molar refractivity (Wildman–Crippen MR) is 44.2 cm³/mol. The Hall–Kier alpha value is -1.51. The summed E-state index contributed by atoms with van der Waals surface area (Å²) in [5.41, 5.74) is 6.58. The summed E-state index contributed by atoms with van der Waals surface area (Å²) in [4.78, 5) is 11.1. The Kier molecular flexibility index (Phi) is 1.73. The molecule has 0 aliphatic carbocycles. The Bertz CT molecular complexity index is 271. The number of hydrogen-bond donors (Lipinski definition) is 2. The third-order valence-corrected chi connectivity index (χ3v) is 1.33. The van der Waals surface area contributed by atoms with Gasteiger partial charge in [-0.15, -0.1) is 0 Å². The van der Waals surface area contributed by atoms with Crippen molar-refractivity contribution < 1.29 is 6.17 Å². The maximum absolute atomic E-state index is 11.1. The van der Waals surface area contributed by atoms with E-state index in [0.717, 1.165) is 0 Å². The minimum absolute atomic E-state index is 0.108. The lowest BCUT2D eigenvalue weighted by Crippen LogP contribution is -2.17. The lowest BCUT2D eigenvalue weighted by Gasteiger charge is -1.98. The Morgan fingerprint density at radius 2 is 2.18 bits per heavy atom. The van der Waals surface area contributed by atoms with E-state index < -0.39 is 0 Å². The van der Waals surface area contributed by atoms with Crippen LogP contribution in [-0.4, -0.2) is 12.9 Å². The standard InChI is InChI=1S/C8H10N2O/c1-10-8(11)6-2-4-7(9)5-3-6/h2-5H,9H2,1H3,(H,10,11)/i1D. The monoisotopic (exact) mass is 151 g/mol.